The molecule has 0 radical (unpaired) electrons. The third-order valence-electron chi connectivity index (χ3n) is 4.42. The van der Waals surface area contributed by atoms with Gasteiger partial charge >= 0.3 is 0 Å². The van der Waals surface area contributed by atoms with Crippen LogP contribution in [0.15, 0.2) is 48.5 Å². The fraction of sp³-hybridized carbons (Fsp3) is 0.333. The van der Waals surface area contributed by atoms with Crippen LogP contribution in [0, 0.1) is 0 Å². The molecule has 0 aliphatic rings. The van der Waals surface area contributed by atoms with Crippen LogP contribution in [0.5, 0.6) is 0 Å². The van der Waals surface area contributed by atoms with E-state index in [9.17, 15) is 9.90 Å². The Labute approximate surface area is 164 Å². The van der Waals surface area contributed by atoms with Crippen LogP contribution in [0.25, 0.3) is 11.0 Å². The number of halogens is 1. The Balaban J connectivity index is 1.73. The molecule has 5 nitrogen and oxygen atoms in total. The van der Waals surface area contributed by atoms with Crippen LogP contribution in [-0.4, -0.2) is 33.2 Å². The van der Waals surface area contributed by atoms with Crippen molar-refractivity contribution in [3.63, 3.8) is 0 Å². The maximum Gasteiger partial charge on any atom is 0.220 e. The molecule has 0 saturated carbocycles. The second kappa shape index (κ2) is 9.02. The lowest BCUT2D eigenvalue weighted by Crippen LogP contribution is -2.27. The van der Waals surface area contributed by atoms with Crippen molar-refractivity contribution in [1.29, 1.82) is 0 Å². The van der Waals surface area contributed by atoms with E-state index in [1.807, 2.05) is 42.5 Å². The predicted molar refractivity (Wildman–Crippen MR) is 108 cm³/mol. The van der Waals surface area contributed by atoms with Crippen molar-refractivity contribution in [3.8, 4) is 0 Å². The van der Waals surface area contributed by atoms with Crippen molar-refractivity contribution in [3.05, 3.63) is 64.9 Å². The van der Waals surface area contributed by atoms with Gasteiger partial charge in [0.15, 0.2) is 0 Å². The van der Waals surface area contributed by atoms with Crippen LogP contribution in [0.1, 0.15) is 31.2 Å². The number of aliphatic hydroxyl groups excluding tert-OH is 1. The van der Waals surface area contributed by atoms with Crippen molar-refractivity contribution in [2.75, 3.05) is 6.54 Å². The number of fused-ring (bicyclic) bond motifs is 1. The Morgan fingerprint density at radius 1 is 1.26 bits per heavy atom. The molecule has 142 valence electrons. The van der Waals surface area contributed by atoms with Gasteiger partial charge in [0.05, 0.1) is 17.1 Å². The van der Waals surface area contributed by atoms with Gasteiger partial charge in [-0.2, -0.15) is 0 Å². The summed E-state index contributed by atoms with van der Waals surface area (Å²) < 4.78 is 2.17. The molecule has 1 heterocycles. The summed E-state index contributed by atoms with van der Waals surface area (Å²) >= 11 is 6.12. The summed E-state index contributed by atoms with van der Waals surface area (Å²) in [7, 11) is 0. The lowest BCUT2D eigenvalue weighted by atomic mass is 10.2. The summed E-state index contributed by atoms with van der Waals surface area (Å²) in [6.07, 6.45) is 0.975. The maximum atomic E-state index is 11.9. The van der Waals surface area contributed by atoms with Gasteiger partial charge < -0.3 is 15.0 Å². The van der Waals surface area contributed by atoms with Crippen LogP contribution in [0.4, 0.5) is 0 Å². The monoisotopic (exact) mass is 385 g/mol. The third kappa shape index (κ3) is 5.31. The minimum Gasteiger partial charge on any atom is -0.393 e. The Hall–Kier alpha value is -2.37. The number of carbonyl (C=O) groups is 1. The molecule has 0 unspecified atom stereocenters. The zero-order valence-corrected chi connectivity index (χ0v) is 16.1. The first-order valence-corrected chi connectivity index (χ1v) is 9.54. The highest BCUT2D eigenvalue weighted by Gasteiger charge is 2.12. The molecule has 0 spiro atoms. The number of imidazole rings is 1. The summed E-state index contributed by atoms with van der Waals surface area (Å²) in [5, 5.41) is 12.9. The zero-order valence-electron chi connectivity index (χ0n) is 15.4. The minimum atomic E-state index is -0.461. The van der Waals surface area contributed by atoms with E-state index in [0.29, 0.717) is 37.4 Å². The highest BCUT2D eigenvalue weighted by Crippen LogP contribution is 2.19. The molecule has 2 N–H and O–H groups in total. The highest BCUT2D eigenvalue weighted by atomic mass is 35.5. The van der Waals surface area contributed by atoms with E-state index in [4.69, 9.17) is 16.6 Å². The fourth-order valence-corrected chi connectivity index (χ4v) is 3.27. The maximum absolute atomic E-state index is 11.9. The van der Waals surface area contributed by atoms with Gasteiger partial charge in [0, 0.05) is 31.0 Å². The zero-order chi connectivity index (χ0) is 19.2. The molecular weight excluding hydrogens is 362 g/mol. The van der Waals surface area contributed by atoms with Gasteiger partial charge in [0.1, 0.15) is 5.82 Å². The summed E-state index contributed by atoms with van der Waals surface area (Å²) in [5.74, 6) is 0.875. The number of para-hydroxylation sites is 2. The first kappa shape index (κ1) is 19.4. The van der Waals surface area contributed by atoms with Crippen molar-refractivity contribution >= 4 is 28.5 Å². The van der Waals surface area contributed by atoms with Gasteiger partial charge in [-0.3, -0.25) is 4.79 Å². The van der Waals surface area contributed by atoms with Crippen LogP contribution < -0.4 is 5.32 Å². The van der Waals surface area contributed by atoms with Gasteiger partial charge in [-0.1, -0.05) is 35.9 Å². The Morgan fingerprint density at radius 2 is 2.07 bits per heavy atom. The molecule has 0 aliphatic heterocycles. The summed E-state index contributed by atoms with van der Waals surface area (Å²) in [4.78, 5) is 16.6. The molecule has 3 aromatic rings. The first-order valence-electron chi connectivity index (χ1n) is 9.16. The minimum absolute atomic E-state index is 0.0478. The van der Waals surface area contributed by atoms with Crippen molar-refractivity contribution in [2.24, 2.45) is 0 Å². The lowest BCUT2D eigenvalue weighted by Gasteiger charge is -2.11. The Morgan fingerprint density at radius 3 is 2.85 bits per heavy atom. The Bertz CT molecular complexity index is 921. The smallest absolute Gasteiger partial charge is 0.220 e. The average Bonchev–Trinajstić information content (AvgIpc) is 2.98. The molecule has 1 amide bonds. The number of aliphatic hydroxyl groups is 1. The van der Waals surface area contributed by atoms with E-state index in [2.05, 4.69) is 16.0 Å². The second-order valence-electron chi connectivity index (χ2n) is 6.72. The number of aromatic nitrogens is 2. The van der Waals surface area contributed by atoms with Gasteiger partial charge in [-0.15, -0.1) is 0 Å². The SMILES string of the molecule is C[C@H](O)CCC(=O)NCCc1nc2ccccc2n1Cc1cccc(Cl)c1. The van der Waals surface area contributed by atoms with Crippen LogP contribution in [0.2, 0.25) is 5.02 Å². The normalized spacial score (nSPS) is 12.3. The van der Waals surface area contributed by atoms with E-state index < -0.39 is 6.10 Å². The van der Waals surface area contributed by atoms with E-state index in [1.54, 1.807) is 6.92 Å². The van der Waals surface area contributed by atoms with Crippen LogP contribution in [-0.2, 0) is 17.8 Å². The molecule has 6 heteroatoms. The average molecular weight is 386 g/mol. The van der Waals surface area contributed by atoms with Gasteiger partial charge in [-0.25, -0.2) is 4.98 Å². The number of benzene rings is 2. The number of nitrogens with zero attached hydrogens (tertiary/aromatic N) is 2. The van der Waals surface area contributed by atoms with Crippen molar-refractivity contribution in [1.82, 2.24) is 14.9 Å². The number of carbonyl (C=O) groups excluding carboxylic acids is 1. The summed E-state index contributed by atoms with van der Waals surface area (Å²) in [5.41, 5.74) is 3.11. The van der Waals surface area contributed by atoms with E-state index >= 15 is 0 Å². The molecule has 1 aromatic heterocycles. The summed E-state index contributed by atoms with van der Waals surface area (Å²) in [6, 6.07) is 15.8. The molecule has 1 atom stereocenters. The van der Waals surface area contributed by atoms with Gasteiger partial charge in [-0.05, 0) is 43.2 Å². The molecular formula is C21H24ClN3O2. The standard InChI is InChI=1S/C21H24ClN3O2/c1-15(26)9-10-21(27)23-12-11-20-24-18-7-2-3-8-19(18)25(20)14-16-5-4-6-17(22)13-16/h2-8,13,15,26H,9-12,14H2,1H3,(H,23,27)/t15-/m0/s1. The molecule has 27 heavy (non-hydrogen) atoms. The molecule has 2 aromatic carbocycles. The number of amides is 1. The Kier molecular flexibility index (Phi) is 6.48. The second-order valence-corrected chi connectivity index (χ2v) is 7.16. The topological polar surface area (TPSA) is 67.2 Å². The fourth-order valence-electron chi connectivity index (χ4n) is 3.05. The number of hydrogen-bond acceptors (Lipinski definition) is 3. The molecule has 0 aliphatic carbocycles. The van der Waals surface area contributed by atoms with E-state index in [1.165, 1.54) is 0 Å². The van der Waals surface area contributed by atoms with E-state index in [0.717, 1.165) is 22.4 Å². The molecule has 3 rings (SSSR count). The van der Waals surface area contributed by atoms with E-state index in [-0.39, 0.29) is 5.91 Å². The number of rotatable bonds is 8. The third-order valence-corrected chi connectivity index (χ3v) is 4.66. The number of nitrogens with one attached hydrogen (secondary N) is 1. The molecule has 0 fully saturated rings. The van der Waals surface area contributed by atoms with Crippen LogP contribution in [0.3, 0.4) is 0 Å². The largest absolute Gasteiger partial charge is 0.393 e. The van der Waals surface area contributed by atoms with Gasteiger partial charge in [0.25, 0.3) is 0 Å². The highest BCUT2D eigenvalue weighted by molar-refractivity contribution is 6.30. The van der Waals surface area contributed by atoms with Crippen molar-refractivity contribution in [2.45, 2.75) is 38.8 Å². The van der Waals surface area contributed by atoms with Gasteiger partial charge in [0.2, 0.25) is 5.91 Å². The van der Waals surface area contributed by atoms with Crippen LogP contribution >= 0.6 is 11.6 Å². The first-order chi connectivity index (χ1) is 13.0. The molecule has 0 saturated heterocycles. The quantitative estimate of drug-likeness (QED) is 0.623. The number of hydrogen-bond donors (Lipinski definition) is 2. The molecule has 0 bridgehead atoms. The summed E-state index contributed by atoms with van der Waals surface area (Å²) in [6.45, 7) is 2.87. The lowest BCUT2D eigenvalue weighted by molar-refractivity contribution is -0.121. The van der Waals surface area contributed by atoms with Crippen molar-refractivity contribution < 1.29 is 9.90 Å². The predicted octanol–water partition coefficient (Wildman–Crippen LogP) is 3.56.